The number of aromatic nitrogens is 2. The summed E-state index contributed by atoms with van der Waals surface area (Å²) in [6.07, 6.45) is 3.84. The van der Waals surface area contributed by atoms with E-state index in [1.165, 1.54) is 0 Å². The van der Waals surface area contributed by atoms with Gasteiger partial charge in [-0.3, -0.25) is 9.48 Å². The Labute approximate surface area is 142 Å². The predicted molar refractivity (Wildman–Crippen MR) is 91.8 cm³/mol. The van der Waals surface area contributed by atoms with E-state index in [4.69, 9.17) is 4.74 Å². The van der Waals surface area contributed by atoms with Crippen LogP contribution in [0.4, 0.5) is 0 Å². The first-order valence-corrected chi connectivity index (χ1v) is 8.36. The third-order valence-corrected chi connectivity index (χ3v) is 4.38. The van der Waals surface area contributed by atoms with Crippen LogP contribution in [0.1, 0.15) is 24.0 Å². The maximum absolute atomic E-state index is 12.6. The molecule has 1 aliphatic rings. The fraction of sp³-hybridized carbons (Fsp3) is 0.444. The minimum atomic E-state index is -0.0655. The number of ether oxygens (including phenoxy) is 1. The second-order valence-electron chi connectivity index (χ2n) is 6.12. The summed E-state index contributed by atoms with van der Waals surface area (Å²) in [4.78, 5) is 12.6. The van der Waals surface area contributed by atoms with Gasteiger partial charge in [0.05, 0.1) is 18.7 Å². The monoisotopic (exact) mass is 328 g/mol. The number of hydrogen-bond acceptors (Lipinski definition) is 4. The molecule has 1 saturated heterocycles. The van der Waals surface area contributed by atoms with Crippen LogP contribution >= 0.6 is 0 Å². The van der Waals surface area contributed by atoms with E-state index < -0.39 is 0 Å². The molecular formula is C18H24N4O2. The summed E-state index contributed by atoms with van der Waals surface area (Å²) in [5.41, 5.74) is 2.15. The van der Waals surface area contributed by atoms with Gasteiger partial charge in [-0.05, 0) is 30.2 Å². The molecule has 6 nitrogen and oxygen atoms in total. The summed E-state index contributed by atoms with van der Waals surface area (Å²) in [5, 5.41) is 10.6. The van der Waals surface area contributed by atoms with E-state index in [1.54, 1.807) is 4.68 Å². The molecule has 1 aromatic carbocycles. The zero-order valence-electron chi connectivity index (χ0n) is 14.2. The van der Waals surface area contributed by atoms with Crippen molar-refractivity contribution in [3.63, 3.8) is 0 Å². The van der Waals surface area contributed by atoms with Crippen LogP contribution in [-0.2, 0) is 18.4 Å². The highest BCUT2D eigenvalue weighted by atomic mass is 16.5. The van der Waals surface area contributed by atoms with Gasteiger partial charge in [-0.25, -0.2) is 0 Å². The topological polar surface area (TPSA) is 68.2 Å². The van der Waals surface area contributed by atoms with Crippen molar-refractivity contribution >= 4 is 5.91 Å². The van der Waals surface area contributed by atoms with Crippen molar-refractivity contribution in [1.29, 1.82) is 0 Å². The van der Waals surface area contributed by atoms with E-state index in [9.17, 15) is 4.79 Å². The van der Waals surface area contributed by atoms with E-state index in [-0.39, 0.29) is 17.7 Å². The van der Waals surface area contributed by atoms with Gasteiger partial charge in [-0.2, -0.15) is 5.10 Å². The third-order valence-electron chi connectivity index (χ3n) is 4.38. The molecule has 0 aliphatic carbocycles. The number of nitrogens with zero attached hydrogens (tertiary/aromatic N) is 2. The molecule has 2 heterocycles. The van der Waals surface area contributed by atoms with Crippen LogP contribution in [-0.4, -0.2) is 35.4 Å². The van der Waals surface area contributed by atoms with Crippen molar-refractivity contribution in [2.75, 3.05) is 19.7 Å². The molecule has 0 bridgehead atoms. The Morgan fingerprint density at radius 1 is 1.46 bits per heavy atom. The normalized spacial score (nSPS) is 20.1. The van der Waals surface area contributed by atoms with Crippen LogP contribution in [0.3, 0.4) is 0 Å². The Balaban J connectivity index is 1.61. The van der Waals surface area contributed by atoms with Gasteiger partial charge in [-0.1, -0.05) is 12.1 Å². The first kappa shape index (κ1) is 16.5. The average Bonchev–Trinajstić information content (AvgIpc) is 3.22. The molecule has 1 amide bonds. The van der Waals surface area contributed by atoms with E-state index in [0.29, 0.717) is 19.7 Å². The number of carbonyl (C=O) groups is 1. The minimum Gasteiger partial charge on any atom is -0.494 e. The summed E-state index contributed by atoms with van der Waals surface area (Å²) >= 11 is 0. The Kier molecular flexibility index (Phi) is 5.15. The van der Waals surface area contributed by atoms with Crippen LogP contribution in [0.5, 0.6) is 5.75 Å². The Bertz CT molecular complexity index is 698. The van der Waals surface area contributed by atoms with Gasteiger partial charge >= 0.3 is 0 Å². The molecule has 0 spiro atoms. The van der Waals surface area contributed by atoms with Crippen molar-refractivity contribution in [2.45, 2.75) is 19.4 Å². The Hall–Kier alpha value is -2.34. The fourth-order valence-corrected chi connectivity index (χ4v) is 3.17. The van der Waals surface area contributed by atoms with Crippen LogP contribution in [0.2, 0.25) is 0 Å². The molecule has 6 heteroatoms. The van der Waals surface area contributed by atoms with Gasteiger partial charge in [0.1, 0.15) is 5.75 Å². The highest BCUT2D eigenvalue weighted by Gasteiger charge is 2.34. The van der Waals surface area contributed by atoms with Crippen LogP contribution < -0.4 is 15.4 Å². The Morgan fingerprint density at radius 2 is 2.33 bits per heavy atom. The zero-order valence-corrected chi connectivity index (χ0v) is 14.2. The van der Waals surface area contributed by atoms with Gasteiger partial charge < -0.3 is 15.4 Å². The van der Waals surface area contributed by atoms with E-state index >= 15 is 0 Å². The van der Waals surface area contributed by atoms with Gasteiger partial charge in [-0.15, -0.1) is 0 Å². The lowest BCUT2D eigenvalue weighted by Crippen LogP contribution is -2.33. The molecule has 0 saturated carbocycles. The van der Waals surface area contributed by atoms with Crippen molar-refractivity contribution in [3.8, 4) is 5.75 Å². The first-order valence-electron chi connectivity index (χ1n) is 8.36. The molecule has 0 unspecified atom stereocenters. The second kappa shape index (κ2) is 7.49. The lowest BCUT2D eigenvalue weighted by molar-refractivity contribution is -0.125. The SMILES string of the molecule is CCOc1cccc(CNC(=O)[C@H]2CNC[C@@H]2c2cnn(C)c2)c1. The van der Waals surface area contributed by atoms with E-state index in [1.807, 2.05) is 50.6 Å². The van der Waals surface area contributed by atoms with Gasteiger partial charge in [0.25, 0.3) is 0 Å². The molecule has 1 fully saturated rings. The highest BCUT2D eigenvalue weighted by molar-refractivity contribution is 5.80. The number of amides is 1. The second-order valence-corrected chi connectivity index (χ2v) is 6.12. The summed E-state index contributed by atoms with van der Waals surface area (Å²) in [7, 11) is 1.90. The smallest absolute Gasteiger partial charge is 0.225 e. The summed E-state index contributed by atoms with van der Waals surface area (Å²) < 4.78 is 7.28. The lowest BCUT2D eigenvalue weighted by Gasteiger charge is -2.17. The summed E-state index contributed by atoms with van der Waals surface area (Å²) in [6.45, 7) is 4.61. The van der Waals surface area contributed by atoms with Crippen molar-refractivity contribution in [2.24, 2.45) is 13.0 Å². The maximum atomic E-state index is 12.6. The first-order chi connectivity index (χ1) is 11.7. The zero-order chi connectivity index (χ0) is 16.9. The Morgan fingerprint density at radius 3 is 3.08 bits per heavy atom. The molecule has 24 heavy (non-hydrogen) atoms. The fourth-order valence-electron chi connectivity index (χ4n) is 3.17. The van der Waals surface area contributed by atoms with Crippen molar-refractivity contribution in [3.05, 3.63) is 47.8 Å². The van der Waals surface area contributed by atoms with E-state index in [0.717, 1.165) is 23.4 Å². The standard InChI is InChI=1S/C18H24N4O2/c1-3-24-15-6-4-5-13(7-15)8-20-18(23)17-11-19-10-16(17)14-9-21-22(2)12-14/h4-7,9,12,16-17,19H,3,8,10-11H2,1-2H3,(H,20,23)/t16-,17+/m1/s1. The van der Waals surface area contributed by atoms with E-state index in [2.05, 4.69) is 15.7 Å². The molecule has 0 radical (unpaired) electrons. The van der Waals surface area contributed by atoms with Crippen LogP contribution in [0.15, 0.2) is 36.7 Å². The largest absolute Gasteiger partial charge is 0.494 e. The van der Waals surface area contributed by atoms with Crippen LogP contribution in [0, 0.1) is 5.92 Å². The molecule has 2 atom stereocenters. The molecule has 2 aromatic rings. The lowest BCUT2D eigenvalue weighted by atomic mass is 9.90. The third kappa shape index (κ3) is 3.76. The number of hydrogen-bond donors (Lipinski definition) is 2. The molecule has 2 N–H and O–H groups in total. The number of benzene rings is 1. The molecular weight excluding hydrogens is 304 g/mol. The number of rotatable bonds is 6. The van der Waals surface area contributed by atoms with Gasteiger partial charge in [0, 0.05) is 38.8 Å². The number of carbonyl (C=O) groups excluding carboxylic acids is 1. The molecule has 1 aromatic heterocycles. The molecule has 3 rings (SSSR count). The van der Waals surface area contributed by atoms with Gasteiger partial charge in [0.2, 0.25) is 5.91 Å². The average molecular weight is 328 g/mol. The highest BCUT2D eigenvalue weighted by Crippen LogP contribution is 2.28. The maximum Gasteiger partial charge on any atom is 0.225 e. The summed E-state index contributed by atoms with van der Waals surface area (Å²) in [5.74, 6) is 1.02. The summed E-state index contributed by atoms with van der Waals surface area (Å²) in [6, 6.07) is 7.83. The number of aryl methyl sites for hydroxylation is 1. The minimum absolute atomic E-state index is 0.0655. The molecule has 128 valence electrons. The predicted octanol–water partition coefficient (Wildman–Crippen LogP) is 1.44. The van der Waals surface area contributed by atoms with Crippen molar-refractivity contribution in [1.82, 2.24) is 20.4 Å². The number of nitrogens with one attached hydrogen (secondary N) is 2. The quantitative estimate of drug-likeness (QED) is 0.842. The van der Waals surface area contributed by atoms with Crippen molar-refractivity contribution < 1.29 is 9.53 Å². The van der Waals surface area contributed by atoms with Gasteiger partial charge in [0.15, 0.2) is 0 Å². The van der Waals surface area contributed by atoms with Crippen LogP contribution in [0.25, 0.3) is 0 Å². The molecule has 1 aliphatic heterocycles.